The summed E-state index contributed by atoms with van der Waals surface area (Å²) in [6, 6.07) is 9.23. The maximum Gasteiger partial charge on any atom is 0.192 e. The van der Waals surface area contributed by atoms with Crippen molar-refractivity contribution in [1.82, 2.24) is 4.98 Å². The minimum Gasteiger partial charge on any atom is -0.470 e. The Kier molecular flexibility index (Phi) is 4.84. The largest absolute Gasteiger partial charge is 0.470 e. The molecule has 23 heavy (non-hydrogen) atoms. The van der Waals surface area contributed by atoms with Gasteiger partial charge in [0.15, 0.2) is 22.8 Å². The number of para-hydroxylation sites is 1. The van der Waals surface area contributed by atoms with Crippen LogP contribution in [-0.2, 0) is 9.03 Å². The minimum atomic E-state index is -1.58. The van der Waals surface area contributed by atoms with E-state index in [4.69, 9.17) is 21.3 Å². The Hall–Kier alpha value is -0.870. The van der Waals surface area contributed by atoms with Gasteiger partial charge in [-0.15, -0.1) is 0 Å². The van der Waals surface area contributed by atoms with Crippen LogP contribution in [0.1, 0.15) is 0 Å². The van der Waals surface area contributed by atoms with Crippen LogP contribution in [0.5, 0.6) is 5.88 Å². The van der Waals surface area contributed by atoms with Gasteiger partial charge in [0.1, 0.15) is 18.8 Å². The third-order valence-corrected chi connectivity index (χ3v) is 4.71. The fraction of sp³-hybridized carbons (Fsp3) is 0.429. The number of hydrogen-bond acceptors (Lipinski definition) is 6. The molecule has 9 heteroatoms. The van der Waals surface area contributed by atoms with E-state index in [1.807, 2.05) is 24.3 Å². The molecule has 1 aliphatic rings. The number of hydrogen-bond donors (Lipinski definition) is 4. The molecule has 0 unspecified atom stereocenters. The van der Waals surface area contributed by atoms with Gasteiger partial charge in [-0.05, 0) is 22.0 Å². The first kappa shape index (κ1) is 17.0. The summed E-state index contributed by atoms with van der Waals surface area (Å²) in [6.45, 7) is -0.272. The lowest BCUT2D eigenvalue weighted by molar-refractivity contribution is -0.290. The smallest absolute Gasteiger partial charge is 0.192 e. The highest BCUT2D eigenvalue weighted by Crippen LogP contribution is 2.37. The van der Waals surface area contributed by atoms with E-state index in [1.165, 1.54) is 0 Å². The predicted octanol–water partition coefficient (Wildman–Crippen LogP) is 1.25. The first-order valence-electron chi connectivity index (χ1n) is 6.83. The first-order valence-corrected chi connectivity index (χ1v) is 7.93. The standard InChI is InChI=1S/C14H15BrClNO6/c15-14(6-21-16)12(19)11(10(18)13(20)23-14)22-9-5-7-3-1-2-4-8(7)17-9/h1-5,10-13,17-20H,6H2/t10-,11-,12+,13+,14-/m1/s1. The Labute approximate surface area is 145 Å². The summed E-state index contributed by atoms with van der Waals surface area (Å²) in [5.41, 5.74) is 0.841. The van der Waals surface area contributed by atoms with Gasteiger partial charge in [-0.2, -0.15) is 0 Å². The molecule has 0 amide bonds. The number of nitrogens with one attached hydrogen (secondary N) is 1. The van der Waals surface area contributed by atoms with Crippen LogP contribution in [0.3, 0.4) is 0 Å². The number of ether oxygens (including phenoxy) is 2. The molecule has 1 aromatic heterocycles. The maximum atomic E-state index is 10.4. The summed E-state index contributed by atoms with van der Waals surface area (Å²) in [6.07, 6.45) is -5.57. The number of alkyl halides is 1. The molecule has 0 spiro atoms. The Morgan fingerprint density at radius 2 is 2.04 bits per heavy atom. The van der Waals surface area contributed by atoms with Gasteiger partial charge in [0.05, 0.1) is 11.9 Å². The summed E-state index contributed by atoms with van der Waals surface area (Å²) in [5.74, 6) is 0.338. The van der Waals surface area contributed by atoms with Crippen molar-refractivity contribution in [2.45, 2.75) is 29.1 Å². The number of benzene rings is 1. The van der Waals surface area contributed by atoms with Crippen molar-refractivity contribution in [2.75, 3.05) is 6.61 Å². The summed E-state index contributed by atoms with van der Waals surface area (Å²) in [7, 11) is 0. The summed E-state index contributed by atoms with van der Waals surface area (Å²) in [5, 5.41) is 31.3. The molecule has 3 rings (SSSR count). The van der Waals surface area contributed by atoms with E-state index in [0.29, 0.717) is 5.88 Å². The maximum absolute atomic E-state index is 10.4. The molecule has 2 aromatic rings. The number of aromatic amines is 1. The van der Waals surface area contributed by atoms with Crippen molar-refractivity contribution in [1.29, 1.82) is 0 Å². The Morgan fingerprint density at radius 1 is 1.30 bits per heavy atom. The van der Waals surface area contributed by atoms with E-state index in [0.717, 1.165) is 10.9 Å². The average molecular weight is 409 g/mol. The van der Waals surface area contributed by atoms with Gasteiger partial charge in [-0.1, -0.05) is 18.2 Å². The molecule has 7 nitrogen and oxygen atoms in total. The molecule has 0 radical (unpaired) electrons. The molecule has 4 N–H and O–H groups in total. The number of halogens is 2. The molecular weight excluding hydrogens is 394 g/mol. The van der Waals surface area contributed by atoms with E-state index in [9.17, 15) is 15.3 Å². The van der Waals surface area contributed by atoms with Crippen LogP contribution in [0.25, 0.3) is 10.9 Å². The van der Waals surface area contributed by atoms with Crippen molar-refractivity contribution in [2.24, 2.45) is 0 Å². The van der Waals surface area contributed by atoms with E-state index < -0.39 is 29.1 Å². The lowest BCUT2D eigenvalue weighted by Gasteiger charge is -2.44. The highest BCUT2D eigenvalue weighted by Gasteiger charge is 2.54. The summed E-state index contributed by atoms with van der Waals surface area (Å²) < 4.78 is 13.8. The predicted molar refractivity (Wildman–Crippen MR) is 85.3 cm³/mol. The quantitative estimate of drug-likeness (QED) is 0.568. The lowest BCUT2D eigenvalue weighted by atomic mass is 9.99. The fourth-order valence-corrected chi connectivity index (χ4v) is 3.38. The van der Waals surface area contributed by atoms with Gasteiger partial charge >= 0.3 is 0 Å². The molecule has 1 aliphatic heterocycles. The zero-order valence-electron chi connectivity index (χ0n) is 11.7. The first-order chi connectivity index (χ1) is 10.9. The number of rotatable bonds is 4. The Balaban J connectivity index is 1.86. The van der Waals surface area contributed by atoms with Crippen molar-refractivity contribution in [3.8, 4) is 5.88 Å². The molecule has 2 heterocycles. The summed E-state index contributed by atoms with van der Waals surface area (Å²) >= 11 is 8.36. The van der Waals surface area contributed by atoms with Crippen LogP contribution in [-0.4, -0.2) is 56.0 Å². The number of fused-ring (bicyclic) bond motifs is 1. The molecule has 0 aliphatic carbocycles. The van der Waals surface area contributed by atoms with Crippen LogP contribution in [0.2, 0.25) is 0 Å². The van der Waals surface area contributed by atoms with Gasteiger partial charge in [0.2, 0.25) is 0 Å². The van der Waals surface area contributed by atoms with Crippen LogP contribution < -0.4 is 4.74 Å². The Bertz CT molecular complexity index is 651. The molecule has 126 valence electrons. The SMILES string of the molecule is O[C@@H]1[C@@H](Oc2cc3ccccc3[nH]2)[C@H](O)[C@@](Br)(COCl)O[C@@H]1O. The van der Waals surface area contributed by atoms with E-state index in [2.05, 4.69) is 25.2 Å². The van der Waals surface area contributed by atoms with Crippen LogP contribution in [0.4, 0.5) is 0 Å². The van der Waals surface area contributed by atoms with E-state index >= 15 is 0 Å². The third kappa shape index (κ3) is 3.20. The second-order valence-electron chi connectivity index (χ2n) is 5.29. The van der Waals surface area contributed by atoms with E-state index in [1.54, 1.807) is 6.07 Å². The topological polar surface area (TPSA) is 104 Å². The molecule has 1 fully saturated rings. The van der Waals surface area contributed by atoms with Gasteiger partial charge in [0.25, 0.3) is 0 Å². The number of aliphatic hydroxyl groups is 3. The summed E-state index contributed by atoms with van der Waals surface area (Å²) in [4.78, 5) is 3.02. The molecular formula is C14H15BrClNO6. The molecule has 0 saturated carbocycles. The van der Waals surface area contributed by atoms with Gasteiger partial charge in [0, 0.05) is 17.0 Å². The molecule has 0 bridgehead atoms. The Morgan fingerprint density at radius 3 is 2.74 bits per heavy atom. The average Bonchev–Trinajstić information content (AvgIpc) is 2.92. The second-order valence-corrected chi connectivity index (χ2v) is 6.85. The molecule has 5 atom stereocenters. The highest BCUT2D eigenvalue weighted by molar-refractivity contribution is 9.10. The minimum absolute atomic E-state index is 0.272. The molecule has 1 aromatic carbocycles. The monoisotopic (exact) mass is 407 g/mol. The van der Waals surface area contributed by atoms with E-state index in [-0.39, 0.29) is 6.61 Å². The van der Waals surface area contributed by atoms with Crippen LogP contribution in [0.15, 0.2) is 30.3 Å². The lowest BCUT2D eigenvalue weighted by Crippen LogP contribution is -2.65. The van der Waals surface area contributed by atoms with Crippen LogP contribution in [0, 0.1) is 0 Å². The van der Waals surface area contributed by atoms with Crippen LogP contribution >= 0.6 is 27.8 Å². The van der Waals surface area contributed by atoms with Crippen molar-refractivity contribution >= 4 is 38.7 Å². The van der Waals surface area contributed by atoms with Crippen molar-refractivity contribution in [3.63, 3.8) is 0 Å². The fourth-order valence-electron chi connectivity index (χ4n) is 2.52. The highest BCUT2D eigenvalue weighted by atomic mass is 79.9. The number of aromatic nitrogens is 1. The van der Waals surface area contributed by atoms with Gasteiger partial charge < -0.3 is 29.8 Å². The third-order valence-electron chi connectivity index (χ3n) is 3.72. The molecule has 1 saturated heterocycles. The number of H-pyrrole nitrogens is 1. The zero-order valence-corrected chi connectivity index (χ0v) is 14.1. The normalized spacial score (nSPS) is 34.7. The van der Waals surface area contributed by atoms with Crippen molar-refractivity contribution < 1.29 is 29.1 Å². The zero-order chi connectivity index (χ0) is 16.6. The second kappa shape index (κ2) is 6.56. The van der Waals surface area contributed by atoms with Gasteiger partial charge in [-0.25, -0.2) is 0 Å². The van der Waals surface area contributed by atoms with Crippen molar-refractivity contribution in [3.05, 3.63) is 30.3 Å². The van der Waals surface area contributed by atoms with Gasteiger partial charge in [-0.3, -0.25) is 4.29 Å². The number of aliphatic hydroxyl groups excluding tert-OH is 3.